The van der Waals surface area contributed by atoms with Gasteiger partial charge in [-0.2, -0.15) is 0 Å². The van der Waals surface area contributed by atoms with Gasteiger partial charge in [0.1, 0.15) is 29.7 Å². The summed E-state index contributed by atoms with van der Waals surface area (Å²) in [7, 11) is 0. The van der Waals surface area contributed by atoms with Crippen molar-refractivity contribution < 1.29 is 23.8 Å². The Hall–Kier alpha value is -3.87. The van der Waals surface area contributed by atoms with Gasteiger partial charge in [-0.3, -0.25) is 14.7 Å². The zero-order chi connectivity index (χ0) is 35.0. The average molecular weight is 688 g/mol. The van der Waals surface area contributed by atoms with E-state index in [0.717, 1.165) is 95.9 Å². The van der Waals surface area contributed by atoms with E-state index in [4.69, 9.17) is 9.47 Å². The molecule has 3 fully saturated rings. The lowest BCUT2D eigenvalue weighted by Gasteiger charge is -2.59. The molecule has 1 spiro atoms. The van der Waals surface area contributed by atoms with Crippen molar-refractivity contribution in [3.8, 4) is 17.2 Å². The summed E-state index contributed by atoms with van der Waals surface area (Å²) in [6.07, 6.45) is 9.92. The first-order chi connectivity index (χ1) is 24.0. The molecule has 4 aliphatic rings. The van der Waals surface area contributed by atoms with E-state index < -0.39 is 11.4 Å². The van der Waals surface area contributed by atoms with Crippen molar-refractivity contribution >= 4 is 11.7 Å². The van der Waals surface area contributed by atoms with E-state index in [1.165, 1.54) is 30.1 Å². The SMILES string of the molecule is CCN(C(=O)c1cc(F)ccc1Oc1cncnc1N1CC2(CC(Oc3ccnc4c3CN(CCCN3CC[C@](C)(O)C3)CC4)C2)C1)C(C)C. The van der Waals surface area contributed by atoms with Crippen molar-refractivity contribution in [1.29, 1.82) is 0 Å². The van der Waals surface area contributed by atoms with Crippen molar-refractivity contribution in [2.24, 2.45) is 5.41 Å². The van der Waals surface area contributed by atoms with Gasteiger partial charge in [0.2, 0.25) is 0 Å². The third kappa shape index (κ3) is 7.29. The molecule has 1 amide bonds. The molecular formula is C38H50FN7O4. The van der Waals surface area contributed by atoms with Crippen LogP contribution in [0, 0.1) is 11.2 Å². The summed E-state index contributed by atoms with van der Waals surface area (Å²) in [5.74, 6) is 1.55. The zero-order valence-corrected chi connectivity index (χ0v) is 29.8. The molecule has 2 saturated heterocycles. The number of hydrogen-bond acceptors (Lipinski definition) is 10. The lowest BCUT2D eigenvalue weighted by molar-refractivity contribution is -0.0352. The molecule has 1 N–H and O–H groups in total. The summed E-state index contributed by atoms with van der Waals surface area (Å²) in [4.78, 5) is 35.5. The number of nitrogens with zero attached hydrogens (tertiary/aromatic N) is 7. The second kappa shape index (κ2) is 14.0. The van der Waals surface area contributed by atoms with Crippen LogP contribution >= 0.6 is 0 Å². The average Bonchev–Trinajstić information content (AvgIpc) is 3.41. The van der Waals surface area contributed by atoms with Gasteiger partial charge in [-0.1, -0.05) is 0 Å². The van der Waals surface area contributed by atoms with Crippen LogP contribution in [0.2, 0.25) is 0 Å². The van der Waals surface area contributed by atoms with E-state index in [2.05, 4.69) is 29.7 Å². The number of β-amino-alcohol motifs (C(OH)–C–C–N with tert-alkyl or cyclic N) is 1. The fourth-order valence-electron chi connectivity index (χ4n) is 8.25. The highest BCUT2D eigenvalue weighted by molar-refractivity contribution is 5.97. The molecule has 7 rings (SSSR count). The predicted molar refractivity (Wildman–Crippen MR) is 188 cm³/mol. The van der Waals surface area contributed by atoms with E-state index in [1.54, 1.807) is 11.1 Å². The quantitative estimate of drug-likeness (QED) is 0.282. The number of aromatic nitrogens is 3. The predicted octanol–water partition coefficient (Wildman–Crippen LogP) is 4.93. The van der Waals surface area contributed by atoms with Crippen LogP contribution in [0.3, 0.4) is 0 Å². The molecule has 1 aliphatic carbocycles. The van der Waals surface area contributed by atoms with Gasteiger partial charge in [-0.05, 0) is 90.7 Å². The van der Waals surface area contributed by atoms with Gasteiger partial charge >= 0.3 is 0 Å². The number of anilines is 1. The molecule has 5 heterocycles. The molecule has 50 heavy (non-hydrogen) atoms. The number of carbonyl (C=O) groups excluding carboxylic acids is 1. The Balaban J connectivity index is 0.941. The van der Waals surface area contributed by atoms with Crippen molar-refractivity contribution in [1.82, 2.24) is 29.7 Å². The molecule has 2 aromatic heterocycles. The number of pyridine rings is 1. The standard InChI is InChI=1S/C38H50FN7O4/c1-5-46(26(2)3)36(47)29-17-27(39)7-8-32(29)50-34-20-40-25-42-35(34)45-23-38(24-45)18-28(19-38)49-33-9-12-41-31-10-15-43(21-30(31)33)13-6-14-44-16-11-37(4,48)22-44/h7-9,12,17,20,25-26,28,48H,5-6,10-11,13-16,18-19,21-24H2,1-4H3/t37-/m0/s1. The second-order valence-electron chi connectivity index (χ2n) is 15.3. The van der Waals surface area contributed by atoms with Gasteiger partial charge in [0.25, 0.3) is 5.91 Å². The summed E-state index contributed by atoms with van der Waals surface area (Å²) < 4.78 is 27.2. The lowest BCUT2D eigenvalue weighted by Crippen LogP contribution is -2.65. The molecule has 0 radical (unpaired) electrons. The van der Waals surface area contributed by atoms with Gasteiger partial charge in [-0.25, -0.2) is 14.4 Å². The topological polar surface area (TPSA) is 107 Å². The van der Waals surface area contributed by atoms with Gasteiger partial charge in [-0.15, -0.1) is 0 Å². The maximum absolute atomic E-state index is 14.3. The fourth-order valence-corrected chi connectivity index (χ4v) is 8.25. The van der Waals surface area contributed by atoms with Gasteiger partial charge in [0, 0.05) is 81.1 Å². The van der Waals surface area contributed by atoms with Crippen LogP contribution in [-0.4, -0.2) is 111 Å². The molecule has 268 valence electrons. The number of rotatable bonds is 12. The molecule has 1 saturated carbocycles. The van der Waals surface area contributed by atoms with Crippen LogP contribution in [0.15, 0.2) is 43.0 Å². The Morgan fingerprint density at radius 3 is 2.62 bits per heavy atom. The van der Waals surface area contributed by atoms with Crippen LogP contribution in [0.5, 0.6) is 17.2 Å². The second-order valence-corrected chi connectivity index (χ2v) is 15.3. The monoisotopic (exact) mass is 687 g/mol. The van der Waals surface area contributed by atoms with Gasteiger partial charge < -0.3 is 29.3 Å². The Kier molecular flexibility index (Phi) is 9.71. The number of carbonyl (C=O) groups is 1. The molecule has 0 unspecified atom stereocenters. The highest BCUT2D eigenvalue weighted by atomic mass is 19.1. The molecule has 1 aromatic carbocycles. The Labute approximate surface area is 294 Å². The number of ether oxygens (including phenoxy) is 2. The number of aliphatic hydroxyl groups is 1. The molecule has 0 bridgehead atoms. The summed E-state index contributed by atoms with van der Waals surface area (Å²) in [5, 5.41) is 10.3. The third-order valence-electron chi connectivity index (χ3n) is 10.9. The minimum absolute atomic E-state index is 0.0405. The molecule has 11 nitrogen and oxygen atoms in total. The maximum Gasteiger partial charge on any atom is 0.257 e. The molecule has 1 atom stereocenters. The lowest BCUT2D eigenvalue weighted by atomic mass is 9.61. The van der Waals surface area contributed by atoms with Crippen molar-refractivity contribution in [3.05, 3.63) is 65.6 Å². The minimum atomic E-state index is -0.546. The van der Waals surface area contributed by atoms with E-state index in [0.29, 0.717) is 18.1 Å². The molecule has 3 aromatic rings. The van der Waals surface area contributed by atoms with Crippen LogP contribution < -0.4 is 14.4 Å². The first-order valence-corrected chi connectivity index (χ1v) is 18.2. The van der Waals surface area contributed by atoms with Crippen LogP contribution in [0.4, 0.5) is 10.2 Å². The Bertz CT molecular complexity index is 1690. The van der Waals surface area contributed by atoms with Crippen LogP contribution in [0.25, 0.3) is 0 Å². The van der Waals surface area contributed by atoms with Crippen molar-refractivity contribution in [2.45, 2.75) is 84.1 Å². The Morgan fingerprint density at radius 2 is 1.88 bits per heavy atom. The van der Waals surface area contributed by atoms with E-state index >= 15 is 0 Å². The zero-order valence-electron chi connectivity index (χ0n) is 29.8. The minimum Gasteiger partial charge on any atom is -0.490 e. The smallest absolute Gasteiger partial charge is 0.257 e. The number of hydrogen-bond donors (Lipinski definition) is 1. The third-order valence-corrected chi connectivity index (χ3v) is 10.9. The number of halogens is 1. The van der Waals surface area contributed by atoms with Crippen molar-refractivity contribution in [3.63, 3.8) is 0 Å². The molecule has 12 heteroatoms. The highest BCUT2D eigenvalue weighted by Crippen LogP contribution is 2.52. The normalized spacial score (nSPS) is 21.9. The van der Waals surface area contributed by atoms with Crippen LogP contribution in [-0.2, 0) is 13.0 Å². The number of amides is 1. The van der Waals surface area contributed by atoms with E-state index in [-0.39, 0.29) is 34.8 Å². The summed E-state index contributed by atoms with van der Waals surface area (Å²) in [6, 6.07) is 6.01. The van der Waals surface area contributed by atoms with Gasteiger partial charge in [0.15, 0.2) is 11.6 Å². The molecular weight excluding hydrogens is 637 g/mol. The number of fused-ring (bicyclic) bond motifs is 1. The fraction of sp³-hybridized carbons (Fsp3) is 0.579. The Morgan fingerprint density at radius 1 is 1.08 bits per heavy atom. The van der Waals surface area contributed by atoms with Crippen molar-refractivity contribution in [2.75, 3.05) is 57.3 Å². The van der Waals surface area contributed by atoms with E-state index in [1.807, 2.05) is 40.0 Å². The van der Waals surface area contributed by atoms with Gasteiger partial charge in [0.05, 0.1) is 17.4 Å². The van der Waals surface area contributed by atoms with E-state index in [9.17, 15) is 14.3 Å². The maximum atomic E-state index is 14.3. The first kappa shape index (κ1) is 34.6. The number of benzene rings is 1. The first-order valence-electron chi connectivity index (χ1n) is 18.2. The largest absolute Gasteiger partial charge is 0.490 e. The summed E-state index contributed by atoms with van der Waals surface area (Å²) in [5.41, 5.74) is 2.15. The summed E-state index contributed by atoms with van der Waals surface area (Å²) in [6.45, 7) is 15.5. The molecule has 3 aliphatic heterocycles. The highest BCUT2D eigenvalue weighted by Gasteiger charge is 2.54. The number of likely N-dealkylation sites (tertiary alicyclic amines) is 1. The summed E-state index contributed by atoms with van der Waals surface area (Å²) >= 11 is 0. The van der Waals surface area contributed by atoms with Crippen LogP contribution in [0.1, 0.15) is 75.0 Å².